The SMILES string of the molecule is C=CCCO/C(C)=C(\N)CCN(C)[C@H](C)CCC. The van der Waals surface area contributed by atoms with Crippen molar-refractivity contribution in [3.8, 4) is 0 Å². The van der Waals surface area contributed by atoms with E-state index in [0.717, 1.165) is 30.8 Å². The minimum Gasteiger partial charge on any atom is -0.496 e. The highest BCUT2D eigenvalue weighted by Gasteiger charge is 2.08. The molecule has 0 aromatic carbocycles. The lowest BCUT2D eigenvalue weighted by atomic mass is 10.1. The lowest BCUT2D eigenvalue weighted by Gasteiger charge is -2.24. The van der Waals surface area contributed by atoms with Gasteiger partial charge in [-0.1, -0.05) is 19.4 Å². The molecule has 1 atom stereocenters. The highest BCUT2D eigenvalue weighted by atomic mass is 16.5. The van der Waals surface area contributed by atoms with E-state index in [1.807, 2.05) is 13.0 Å². The molecular weight excluding hydrogens is 224 g/mol. The highest BCUT2D eigenvalue weighted by Crippen LogP contribution is 2.09. The van der Waals surface area contributed by atoms with E-state index in [1.165, 1.54) is 12.8 Å². The predicted octanol–water partition coefficient (Wildman–Crippen LogP) is 3.28. The van der Waals surface area contributed by atoms with Crippen LogP contribution in [0.5, 0.6) is 0 Å². The topological polar surface area (TPSA) is 38.5 Å². The summed E-state index contributed by atoms with van der Waals surface area (Å²) in [5, 5.41) is 0. The summed E-state index contributed by atoms with van der Waals surface area (Å²) in [5.74, 6) is 0.855. The Morgan fingerprint density at radius 3 is 2.72 bits per heavy atom. The van der Waals surface area contributed by atoms with Crippen LogP contribution in [-0.4, -0.2) is 31.1 Å². The number of rotatable bonds is 10. The van der Waals surface area contributed by atoms with Crippen LogP contribution in [0.1, 0.15) is 46.5 Å². The van der Waals surface area contributed by atoms with Crippen LogP contribution in [0.4, 0.5) is 0 Å². The second kappa shape index (κ2) is 10.0. The van der Waals surface area contributed by atoms with Gasteiger partial charge in [-0.15, -0.1) is 6.58 Å². The normalized spacial score (nSPS) is 14.3. The van der Waals surface area contributed by atoms with E-state index in [1.54, 1.807) is 0 Å². The van der Waals surface area contributed by atoms with Crippen LogP contribution in [-0.2, 0) is 4.74 Å². The molecule has 0 aliphatic carbocycles. The number of ether oxygens (including phenoxy) is 1. The third kappa shape index (κ3) is 7.38. The van der Waals surface area contributed by atoms with Crippen molar-refractivity contribution in [1.82, 2.24) is 4.90 Å². The summed E-state index contributed by atoms with van der Waals surface area (Å²) < 4.78 is 5.55. The van der Waals surface area contributed by atoms with Gasteiger partial charge in [-0.3, -0.25) is 0 Å². The fraction of sp³-hybridized carbons (Fsp3) is 0.733. The van der Waals surface area contributed by atoms with E-state index in [-0.39, 0.29) is 0 Å². The Balaban J connectivity index is 4.02. The van der Waals surface area contributed by atoms with Crippen molar-refractivity contribution in [1.29, 1.82) is 0 Å². The van der Waals surface area contributed by atoms with E-state index in [0.29, 0.717) is 12.6 Å². The largest absolute Gasteiger partial charge is 0.496 e. The van der Waals surface area contributed by atoms with E-state index < -0.39 is 0 Å². The summed E-state index contributed by atoms with van der Waals surface area (Å²) in [4.78, 5) is 2.35. The maximum absolute atomic E-state index is 6.02. The predicted molar refractivity (Wildman–Crippen MR) is 79.3 cm³/mol. The molecule has 0 bridgehead atoms. The zero-order valence-electron chi connectivity index (χ0n) is 12.5. The minimum atomic E-state index is 0.616. The molecule has 0 unspecified atom stereocenters. The van der Waals surface area contributed by atoms with E-state index in [9.17, 15) is 0 Å². The van der Waals surface area contributed by atoms with E-state index in [4.69, 9.17) is 10.5 Å². The van der Waals surface area contributed by atoms with Crippen LogP contribution in [0.25, 0.3) is 0 Å². The number of nitrogens with two attached hydrogens (primary N) is 1. The molecule has 0 saturated carbocycles. The lowest BCUT2D eigenvalue weighted by Crippen LogP contribution is -2.30. The van der Waals surface area contributed by atoms with E-state index >= 15 is 0 Å². The zero-order valence-corrected chi connectivity index (χ0v) is 12.5. The van der Waals surface area contributed by atoms with Gasteiger partial charge in [-0.2, -0.15) is 0 Å². The zero-order chi connectivity index (χ0) is 14.0. The highest BCUT2D eigenvalue weighted by molar-refractivity contribution is 5.02. The monoisotopic (exact) mass is 254 g/mol. The summed E-state index contributed by atoms with van der Waals surface area (Å²) in [6, 6.07) is 0.616. The fourth-order valence-electron chi connectivity index (χ4n) is 1.72. The van der Waals surface area contributed by atoms with Crippen molar-refractivity contribution in [3.05, 3.63) is 24.1 Å². The van der Waals surface area contributed by atoms with Crippen LogP contribution in [0, 0.1) is 0 Å². The van der Waals surface area contributed by atoms with Gasteiger partial charge in [-0.05, 0) is 33.7 Å². The van der Waals surface area contributed by atoms with Crippen molar-refractivity contribution < 1.29 is 4.74 Å². The van der Waals surface area contributed by atoms with Gasteiger partial charge in [-0.25, -0.2) is 0 Å². The second-order valence-electron chi connectivity index (χ2n) is 4.88. The maximum atomic E-state index is 6.02. The van der Waals surface area contributed by atoms with Crippen LogP contribution in [0.2, 0.25) is 0 Å². The first-order chi connectivity index (χ1) is 8.52. The molecule has 0 aliphatic rings. The molecule has 0 aliphatic heterocycles. The summed E-state index contributed by atoms with van der Waals surface area (Å²) >= 11 is 0. The average Bonchev–Trinajstić information content (AvgIpc) is 2.35. The van der Waals surface area contributed by atoms with Gasteiger partial charge < -0.3 is 15.4 Å². The molecule has 106 valence electrons. The van der Waals surface area contributed by atoms with Gasteiger partial charge in [0.2, 0.25) is 0 Å². The molecule has 0 rings (SSSR count). The maximum Gasteiger partial charge on any atom is 0.112 e. The Labute approximate surface area is 113 Å². The van der Waals surface area contributed by atoms with Gasteiger partial charge in [0.15, 0.2) is 0 Å². The van der Waals surface area contributed by atoms with Gasteiger partial charge in [0.05, 0.1) is 6.61 Å². The Morgan fingerprint density at radius 2 is 2.17 bits per heavy atom. The van der Waals surface area contributed by atoms with Gasteiger partial charge in [0, 0.05) is 24.7 Å². The van der Waals surface area contributed by atoms with Gasteiger partial charge in [0.25, 0.3) is 0 Å². The molecular formula is C15H30N2O. The Hall–Kier alpha value is -0.960. The summed E-state index contributed by atoms with van der Waals surface area (Å²) in [6.07, 6.45) is 6.03. The average molecular weight is 254 g/mol. The number of hydrogen-bond donors (Lipinski definition) is 1. The molecule has 3 heteroatoms. The number of nitrogens with zero attached hydrogens (tertiary/aromatic N) is 1. The molecule has 0 radical (unpaired) electrons. The molecule has 0 amide bonds. The van der Waals surface area contributed by atoms with Crippen LogP contribution < -0.4 is 5.73 Å². The van der Waals surface area contributed by atoms with Crippen molar-refractivity contribution >= 4 is 0 Å². The molecule has 0 heterocycles. The molecule has 2 N–H and O–H groups in total. The van der Waals surface area contributed by atoms with Crippen molar-refractivity contribution in [3.63, 3.8) is 0 Å². The molecule has 0 aromatic heterocycles. The molecule has 0 saturated heterocycles. The van der Waals surface area contributed by atoms with Crippen LogP contribution in [0.3, 0.4) is 0 Å². The quantitative estimate of drug-likeness (QED) is 0.369. The smallest absolute Gasteiger partial charge is 0.112 e. The molecule has 0 fully saturated rings. The summed E-state index contributed by atoms with van der Waals surface area (Å²) in [6.45, 7) is 11.7. The Bertz CT molecular complexity index is 261. The first-order valence-electron chi connectivity index (χ1n) is 6.92. The van der Waals surface area contributed by atoms with E-state index in [2.05, 4.69) is 32.4 Å². The number of allylic oxidation sites excluding steroid dienone is 1. The summed E-state index contributed by atoms with van der Waals surface area (Å²) in [7, 11) is 2.15. The van der Waals surface area contributed by atoms with Crippen molar-refractivity contribution in [2.24, 2.45) is 5.73 Å². The molecule has 0 spiro atoms. The van der Waals surface area contributed by atoms with Crippen LogP contribution in [0.15, 0.2) is 24.1 Å². The van der Waals surface area contributed by atoms with Gasteiger partial charge >= 0.3 is 0 Å². The molecule has 3 nitrogen and oxygen atoms in total. The molecule has 18 heavy (non-hydrogen) atoms. The van der Waals surface area contributed by atoms with Crippen LogP contribution >= 0.6 is 0 Å². The first kappa shape index (κ1) is 17.0. The Morgan fingerprint density at radius 1 is 1.50 bits per heavy atom. The third-order valence-electron chi connectivity index (χ3n) is 3.29. The van der Waals surface area contributed by atoms with Crippen molar-refractivity contribution in [2.75, 3.05) is 20.2 Å². The fourth-order valence-corrected chi connectivity index (χ4v) is 1.72. The Kier molecular flexibility index (Phi) is 9.47. The number of hydrogen-bond acceptors (Lipinski definition) is 3. The lowest BCUT2D eigenvalue weighted by molar-refractivity contribution is 0.210. The first-order valence-corrected chi connectivity index (χ1v) is 6.92. The minimum absolute atomic E-state index is 0.616. The van der Waals surface area contributed by atoms with Crippen molar-refractivity contribution in [2.45, 2.75) is 52.5 Å². The molecule has 0 aromatic rings. The van der Waals surface area contributed by atoms with Gasteiger partial charge in [0.1, 0.15) is 5.76 Å². The standard InChI is InChI=1S/C15H30N2O/c1-6-8-12-18-14(4)15(16)10-11-17(5)13(3)9-7-2/h6,13H,1,7-12,16H2,2-5H3/b15-14-/t13-/m1/s1. The second-order valence-corrected chi connectivity index (χ2v) is 4.88. The summed E-state index contributed by atoms with van der Waals surface area (Å²) in [5.41, 5.74) is 6.88. The third-order valence-corrected chi connectivity index (χ3v) is 3.29.